The Morgan fingerprint density at radius 3 is 3.08 bits per heavy atom. The van der Waals surface area contributed by atoms with Gasteiger partial charge in [0.05, 0.1) is 12.7 Å². The molecule has 66 valence electrons. The Morgan fingerprint density at radius 2 is 2.58 bits per heavy atom. The number of carbonyl (C=O) groups is 1. The Morgan fingerprint density at radius 1 is 1.83 bits per heavy atom. The lowest BCUT2D eigenvalue weighted by molar-refractivity contribution is -0.118. The summed E-state index contributed by atoms with van der Waals surface area (Å²) < 4.78 is 5.11. The molecule has 1 amide bonds. The molecule has 5 heteroatoms. The molecule has 0 atom stereocenters. The fourth-order valence-electron chi connectivity index (χ4n) is 0.720. The number of amides is 1. The van der Waals surface area contributed by atoms with Crippen molar-refractivity contribution in [2.75, 3.05) is 5.88 Å². The van der Waals surface area contributed by atoms with Gasteiger partial charge in [-0.2, -0.15) is 0 Å². The number of nitrogens with one attached hydrogen (secondary N) is 1. The van der Waals surface area contributed by atoms with Gasteiger partial charge in [-0.1, -0.05) is 0 Å². The second-order valence-corrected chi connectivity index (χ2v) is 2.52. The van der Waals surface area contributed by atoms with Gasteiger partial charge in [-0.05, 0) is 0 Å². The lowest BCUT2D eigenvalue weighted by atomic mass is 10.5. The summed E-state index contributed by atoms with van der Waals surface area (Å²) in [5, 5.41) is 2.56. The van der Waals surface area contributed by atoms with E-state index in [0.717, 1.165) is 0 Å². The van der Waals surface area contributed by atoms with Gasteiger partial charge in [0.15, 0.2) is 5.89 Å². The largest absolute Gasteiger partial charge is 0.444 e. The Bertz CT molecular complexity index is 272. The molecule has 0 saturated heterocycles. The van der Waals surface area contributed by atoms with Crippen molar-refractivity contribution in [2.45, 2.75) is 13.5 Å². The van der Waals surface area contributed by atoms with Crippen LogP contribution in [0.4, 0.5) is 0 Å². The van der Waals surface area contributed by atoms with Gasteiger partial charge in [0.2, 0.25) is 5.91 Å². The van der Waals surface area contributed by atoms with E-state index in [4.69, 9.17) is 16.0 Å². The first kappa shape index (κ1) is 9.06. The summed E-state index contributed by atoms with van der Waals surface area (Å²) in [7, 11) is 0. The molecule has 0 aromatic carbocycles. The maximum absolute atomic E-state index is 10.7. The summed E-state index contributed by atoms with van der Waals surface area (Å²) in [6.07, 6.45) is 1.57. The van der Waals surface area contributed by atoms with Gasteiger partial charge in [-0.3, -0.25) is 4.79 Å². The van der Waals surface area contributed by atoms with Gasteiger partial charge >= 0.3 is 0 Å². The van der Waals surface area contributed by atoms with Crippen molar-refractivity contribution >= 4 is 17.5 Å². The maximum atomic E-state index is 10.7. The quantitative estimate of drug-likeness (QED) is 0.716. The first-order chi connectivity index (χ1) is 5.72. The molecule has 1 aromatic rings. The minimum absolute atomic E-state index is 0.0346. The summed E-state index contributed by atoms with van der Waals surface area (Å²) in [4.78, 5) is 14.6. The number of hydrogen-bond donors (Lipinski definition) is 1. The van der Waals surface area contributed by atoms with Gasteiger partial charge in [0.25, 0.3) is 0 Å². The smallest absolute Gasteiger partial charge is 0.235 e. The highest BCUT2D eigenvalue weighted by Crippen LogP contribution is 2.00. The minimum Gasteiger partial charge on any atom is -0.444 e. The highest BCUT2D eigenvalue weighted by molar-refractivity contribution is 6.27. The van der Waals surface area contributed by atoms with Crippen LogP contribution in [0.15, 0.2) is 10.6 Å². The number of halogens is 1. The Labute approximate surface area is 74.9 Å². The number of carbonyl (C=O) groups excluding carboxylic acids is 1. The van der Waals surface area contributed by atoms with Crippen molar-refractivity contribution in [2.24, 2.45) is 0 Å². The molecule has 0 fully saturated rings. The molecule has 1 aromatic heterocycles. The zero-order chi connectivity index (χ0) is 8.97. The summed E-state index contributed by atoms with van der Waals surface area (Å²) in [5.41, 5.74) is 0. The van der Waals surface area contributed by atoms with Crippen LogP contribution in [0.2, 0.25) is 0 Å². The van der Waals surface area contributed by atoms with Crippen molar-refractivity contribution in [3.8, 4) is 0 Å². The molecule has 4 nitrogen and oxygen atoms in total. The van der Waals surface area contributed by atoms with Crippen LogP contribution < -0.4 is 5.32 Å². The number of alkyl halides is 1. The molecule has 12 heavy (non-hydrogen) atoms. The third-order valence-electron chi connectivity index (χ3n) is 1.25. The first-order valence-electron chi connectivity index (χ1n) is 3.46. The van der Waals surface area contributed by atoms with E-state index in [1.54, 1.807) is 13.1 Å². The van der Waals surface area contributed by atoms with E-state index in [-0.39, 0.29) is 11.8 Å². The second-order valence-electron chi connectivity index (χ2n) is 2.26. The molecule has 0 unspecified atom stereocenters. The molecule has 1 rings (SSSR count). The van der Waals surface area contributed by atoms with Crippen molar-refractivity contribution in [1.82, 2.24) is 10.3 Å². The zero-order valence-corrected chi connectivity index (χ0v) is 7.39. The molecule has 0 radical (unpaired) electrons. The molecule has 0 bridgehead atoms. The van der Waals surface area contributed by atoms with Crippen molar-refractivity contribution in [3.63, 3.8) is 0 Å². The van der Waals surface area contributed by atoms with Crippen LogP contribution in [0.25, 0.3) is 0 Å². The second kappa shape index (κ2) is 4.11. The first-order valence-corrected chi connectivity index (χ1v) is 4.00. The van der Waals surface area contributed by atoms with E-state index >= 15 is 0 Å². The van der Waals surface area contributed by atoms with Crippen molar-refractivity contribution < 1.29 is 9.21 Å². The van der Waals surface area contributed by atoms with E-state index < -0.39 is 0 Å². The van der Waals surface area contributed by atoms with Gasteiger partial charge < -0.3 is 9.73 Å². The van der Waals surface area contributed by atoms with E-state index in [2.05, 4.69) is 10.3 Å². The number of aromatic nitrogens is 1. The van der Waals surface area contributed by atoms with Crippen molar-refractivity contribution in [3.05, 3.63) is 17.8 Å². The lowest BCUT2D eigenvalue weighted by Crippen LogP contribution is -2.23. The molecule has 0 aliphatic heterocycles. The average molecular weight is 189 g/mol. The van der Waals surface area contributed by atoms with Gasteiger partial charge in [0, 0.05) is 6.92 Å². The Kier molecular flexibility index (Phi) is 3.10. The van der Waals surface area contributed by atoms with Gasteiger partial charge in [0.1, 0.15) is 11.6 Å². The van der Waals surface area contributed by atoms with Gasteiger partial charge in [-0.25, -0.2) is 4.98 Å². The minimum atomic E-state index is -0.217. The van der Waals surface area contributed by atoms with E-state index in [1.165, 1.54) is 0 Å². The maximum Gasteiger partial charge on any atom is 0.235 e. The Balaban J connectivity index is 2.38. The third kappa shape index (κ3) is 2.54. The number of oxazole rings is 1. The van der Waals surface area contributed by atoms with Gasteiger partial charge in [-0.15, -0.1) is 11.6 Å². The predicted molar refractivity (Wildman–Crippen MR) is 43.8 cm³/mol. The lowest BCUT2D eigenvalue weighted by Gasteiger charge is -1.97. The molecule has 0 spiro atoms. The van der Waals surface area contributed by atoms with E-state index in [1.807, 2.05) is 0 Å². The average Bonchev–Trinajstić information content (AvgIpc) is 2.47. The van der Waals surface area contributed by atoms with Crippen LogP contribution in [-0.4, -0.2) is 16.8 Å². The van der Waals surface area contributed by atoms with Crippen LogP contribution in [-0.2, 0) is 11.3 Å². The molecule has 1 N–H and O–H groups in total. The molecule has 1 heterocycles. The van der Waals surface area contributed by atoms with Crippen LogP contribution in [0.1, 0.15) is 11.7 Å². The van der Waals surface area contributed by atoms with Crippen molar-refractivity contribution in [1.29, 1.82) is 0 Å². The van der Waals surface area contributed by atoms with E-state index in [9.17, 15) is 4.79 Å². The highest BCUT2D eigenvalue weighted by Gasteiger charge is 2.01. The van der Waals surface area contributed by atoms with Crippen LogP contribution >= 0.6 is 11.6 Å². The SMILES string of the molecule is Cc1ncc(CNC(=O)CCl)o1. The topological polar surface area (TPSA) is 55.1 Å². The summed E-state index contributed by atoms with van der Waals surface area (Å²) >= 11 is 5.27. The predicted octanol–water partition coefficient (Wildman–Crippen LogP) is 0.838. The molecule has 0 aliphatic rings. The summed E-state index contributed by atoms with van der Waals surface area (Å²) in [5.74, 6) is 0.967. The number of rotatable bonds is 3. The molecular weight excluding hydrogens is 180 g/mol. The van der Waals surface area contributed by atoms with E-state index in [0.29, 0.717) is 18.2 Å². The molecule has 0 saturated carbocycles. The third-order valence-corrected chi connectivity index (χ3v) is 1.49. The molecule has 0 aliphatic carbocycles. The summed E-state index contributed by atoms with van der Waals surface area (Å²) in [6.45, 7) is 2.08. The fourth-order valence-corrected chi connectivity index (χ4v) is 0.814. The van der Waals surface area contributed by atoms with Crippen LogP contribution in [0.3, 0.4) is 0 Å². The highest BCUT2D eigenvalue weighted by atomic mass is 35.5. The summed E-state index contributed by atoms with van der Waals surface area (Å²) in [6, 6.07) is 0. The number of aryl methyl sites for hydroxylation is 1. The number of hydrogen-bond acceptors (Lipinski definition) is 3. The standard InChI is InChI=1S/C7H9ClN2O2/c1-5-9-3-6(12-5)4-10-7(11)2-8/h3H,2,4H2,1H3,(H,10,11). The fraction of sp³-hybridized carbons (Fsp3) is 0.429. The normalized spacial score (nSPS) is 9.83. The van der Waals surface area contributed by atoms with Crippen LogP contribution in [0, 0.1) is 6.92 Å². The zero-order valence-electron chi connectivity index (χ0n) is 6.63. The molecular formula is C7H9ClN2O2. The van der Waals surface area contributed by atoms with Crippen LogP contribution in [0.5, 0.6) is 0 Å². The monoisotopic (exact) mass is 188 g/mol. The number of nitrogens with zero attached hydrogens (tertiary/aromatic N) is 1. The Hall–Kier alpha value is -1.03.